The fourth-order valence-corrected chi connectivity index (χ4v) is 1.00. The van der Waals surface area contributed by atoms with Gasteiger partial charge in [0.15, 0.2) is 0 Å². The van der Waals surface area contributed by atoms with Crippen LogP contribution in [0, 0.1) is 0 Å². The van der Waals surface area contributed by atoms with E-state index in [1.807, 2.05) is 9.97 Å². The van der Waals surface area contributed by atoms with Crippen molar-refractivity contribution in [2.45, 2.75) is 6.92 Å². The molecule has 1 rings (SSSR count). The molecule has 0 saturated carbocycles. The van der Waals surface area contributed by atoms with Gasteiger partial charge in [-0.15, -0.1) is 0 Å². The number of aromatic nitrogens is 2. The SMILES string of the molecule is CC(=O)NNC(=S)/N=C\c1c(O)[nH]c(=O)[nH]c1=O. The fourth-order valence-electron chi connectivity index (χ4n) is 0.901. The third-order valence-corrected chi connectivity index (χ3v) is 1.82. The third-order valence-electron chi connectivity index (χ3n) is 1.62. The topological polar surface area (TPSA) is 139 Å². The Hall–Kier alpha value is -2.49. The predicted octanol–water partition coefficient (Wildman–Crippen LogP) is -1.89. The summed E-state index contributed by atoms with van der Waals surface area (Å²) in [6, 6.07) is 0. The quantitative estimate of drug-likeness (QED) is 0.230. The molecule has 1 amide bonds. The Balaban J connectivity index is 2.85. The Kier molecular flexibility index (Phi) is 4.32. The molecule has 96 valence electrons. The predicted molar refractivity (Wildman–Crippen MR) is 66.5 cm³/mol. The average Bonchev–Trinajstić information content (AvgIpc) is 2.24. The van der Waals surface area contributed by atoms with Gasteiger partial charge in [-0.1, -0.05) is 0 Å². The maximum absolute atomic E-state index is 11.3. The van der Waals surface area contributed by atoms with Crippen LogP contribution in [-0.2, 0) is 4.79 Å². The summed E-state index contributed by atoms with van der Waals surface area (Å²) in [5.41, 5.74) is 2.52. The minimum Gasteiger partial charge on any atom is -0.494 e. The Morgan fingerprint density at radius 2 is 2.06 bits per heavy atom. The zero-order chi connectivity index (χ0) is 13.7. The highest BCUT2D eigenvalue weighted by Gasteiger charge is 2.05. The van der Waals surface area contributed by atoms with Gasteiger partial charge in [-0.05, 0) is 12.2 Å². The van der Waals surface area contributed by atoms with Crippen molar-refractivity contribution in [3.8, 4) is 5.88 Å². The molecule has 0 fully saturated rings. The van der Waals surface area contributed by atoms with Gasteiger partial charge >= 0.3 is 5.69 Å². The van der Waals surface area contributed by atoms with Crippen molar-refractivity contribution in [3.05, 3.63) is 26.4 Å². The third kappa shape index (κ3) is 3.83. The highest BCUT2D eigenvalue weighted by Crippen LogP contribution is 2.00. The number of aromatic hydroxyl groups is 1. The van der Waals surface area contributed by atoms with Gasteiger partial charge in [-0.3, -0.25) is 30.4 Å². The number of carbonyl (C=O) groups excluding carboxylic acids is 1. The first kappa shape index (κ1) is 13.6. The molecule has 5 N–H and O–H groups in total. The van der Waals surface area contributed by atoms with Crippen molar-refractivity contribution in [2.24, 2.45) is 4.99 Å². The first-order valence-electron chi connectivity index (χ1n) is 4.56. The molecule has 10 heteroatoms. The van der Waals surface area contributed by atoms with Crippen molar-refractivity contribution in [3.63, 3.8) is 0 Å². The molecule has 0 radical (unpaired) electrons. The van der Waals surface area contributed by atoms with Gasteiger partial charge in [-0.25, -0.2) is 9.79 Å². The lowest BCUT2D eigenvalue weighted by Gasteiger charge is -2.02. The Bertz CT molecular complexity index is 617. The Morgan fingerprint density at radius 3 is 2.61 bits per heavy atom. The van der Waals surface area contributed by atoms with Crippen molar-refractivity contribution < 1.29 is 9.90 Å². The molecule has 0 aliphatic heterocycles. The molecule has 0 unspecified atom stereocenters. The smallest absolute Gasteiger partial charge is 0.328 e. The maximum atomic E-state index is 11.3. The molecule has 0 saturated heterocycles. The highest BCUT2D eigenvalue weighted by molar-refractivity contribution is 7.80. The second-order valence-electron chi connectivity index (χ2n) is 3.04. The summed E-state index contributed by atoms with van der Waals surface area (Å²) in [5, 5.41) is 9.17. The summed E-state index contributed by atoms with van der Waals surface area (Å²) in [7, 11) is 0. The van der Waals surface area contributed by atoms with E-state index in [1.165, 1.54) is 6.92 Å². The summed E-state index contributed by atoms with van der Waals surface area (Å²) >= 11 is 4.69. The van der Waals surface area contributed by atoms with Crippen LogP contribution in [-0.4, -0.2) is 32.3 Å². The van der Waals surface area contributed by atoms with E-state index in [9.17, 15) is 19.5 Å². The largest absolute Gasteiger partial charge is 0.494 e. The van der Waals surface area contributed by atoms with Crippen LogP contribution < -0.4 is 22.1 Å². The Morgan fingerprint density at radius 1 is 1.39 bits per heavy atom. The first-order valence-corrected chi connectivity index (χ1v) is 4.97. The van der Waals surface area contributed by atoms with Crippen LogP contribution in [0.5, 0.6) is 5.88 Å². The lowest BCUT2D eigenvalue weighted by molar-refractivity contribution is -0.119. The fraction of sp³-hybridized carbons (Fsp3) is 0.125. The van der Waals surface area contributed by atoms with Crippen LogP contribution in [0.25, 0.3) is 0 Å². The van der Waals surface area contributed by atoms with Gasteiger partial charge in [0.2, 0.25) is 16.9 Å². The number of carbonyl (C=O) groups is 1. The molecular weight excluding hydrogens is 262 g/mol. The van der Waals surface area contributed by atoms with Crippen LogP contribution in [0.4, 0.5) is 0 Å². The van der Waals surface area contributed by atoms with E-state index in [2.05, 4.69) is 15.8 Å². The van der Waals surface area contributed by atoms with Crippen molar-refractivity contribution >= 4 is 29.5 Å². The second kappa shape index (κ2) is 5.72. The van der Waals surface area contributed by atoms with Crippen LogP contribution in [0.15, 0.2) is 14.6 Å². The minimum absolute atomic E-state index is 0.129. The van der Waals surface area contributed by atoms with E-state index in [0.29, 0.717) is 0 Å². The molecule has 0 aliphatic carbocycles. The van der Waals surface area contributed by atoms with Gasteiger partial charge in [0, 0.05) is 13.1 Å². The van der Waals surface area contributed by atoms with Crippen LogP contribution >= 0.6 is 12.2 Å². The normalized spacial score (nSPS) is 10.3. The minimum atomic E-state index is -0.839. The molecule has 0 bridgehead atoms. The molecule has 0 aliphatic rings. The second-order valence-corrected chi connectivity index (χ2v) is 3.43. The number of hydrogen-bond acceptors (Lipinski definition) is 5. The van der Waals surface area contributed by atoms with Crippen molar-refractivity contribution in [2.75, 3.05) is 0 Å². The zero-order valence-electron chi connectivity index (χ0n) is 9.10. The molecule has 0 atom stereocenters. The molecular formula is C8H9N5O4S. The average molecular weight is 271 g/mol. The van der Waals surface area contributed by atoms with E-state index in [4.69, 9.17) is 12.2 Å². The number of H-pyrrole nitrogens is 2. The van der Waals surface area contributed by atoms with Gasteiger partial charge < -0.3 is 5.11 Å². The van der Waals surface area contributed by atoms with Crippen LogP contribution in [0.3, 0.4) is 0 Å². The summed E-state index contributed by atoms with van der Waals surface area (Å²) in [6.07, 6.45) is 0.946. The maximum Gasteiger partial charge on any atom is 0.328 e. The number of hydrazine groups is 1. The lowest BCUT2D eigenvalue weighted by Crippen LogP contribution is -2.38. The summed E-state index contributed by atoms with van der Waals surface area (Å²) in [5.74, 6) is -1.01. The number of rotatable bonds is 1. The van der Waals surface area contributed by atoms with Crippen LogP contribution in [0.2, 0.25) is 0 Å². The number of thiocarbonyl (C=S) groups is 1. The van der Waals surface area contributed by atoms with Crippen LogP contribution in [0.1, 0.15) is 12.5 Å². The molecule has 18 heavy (non-hydrogen) atoms. The van der Waals surface area contributed by atoms with E-state index in [-0.39, 0.29) is 16.6 Å². The number of hydrogen-bond donors (Lipinski definition) is 5. The standard InChI is InChI=1S/C8H9N5O4S/c1-3(14)12-13-8(18)9-2-4-5(15)10-7(17)11-6(4)16/h2H,1H3,(H,12,14)(H,13,18)(H3,10,11,15,16,17)/b9-2-. The monoisotopic (exact) mass is 271 g/mol. The van der Waals surface area contributed by atoms with Gasteiger partial charge in [-0.2, -0.15) is 0 Å². The van der Waals surface area contributed by atoms with E-state index in [1.54, 1.807) is 0 Å². The molecule has 0 aromatic carbocycles. The molecule has 1 aromatic rings. The summed E-state index contributed by atoms with van der Waals surface area (Å²) < 4.78 is 0. The number of nitrogens with one attached hydrogen (secondary N) is 4. The number of nitrogens with zero attached hydrogens (tertiary/aromatic N) is 1. The van der Waals surface area contributed by atoms with Gasteiger partial charge in [0.1, 0.15) is 5.56 Å². The van der Waals surface area contributed by atoms with Crippen molar-refractivity contribution in [1.82, 2.24) is 20.8 Å². The van der Waals surface area contributed by atoms with Gasteiger partial charge in [0.25, 0.3) is 5.56 Å². The number of amides is 1. The molecule has 0 spiro atoms. The molecule has 1 aromatic heterocycles. The molecule has 1 heterocycles. The number of aliphatic imine (C=N–C) groups is 1. The van der Waals surface area contributed by atoms with E-state index < -0.39 is 17.1 Å². The molecule has 9 nitrogen and oxygen atoms in total. The zero-order valence-corrected chi connectivity index (χ0v) is 9.92. The number of aromatic amines is 2. The van der Waals surface area contributed by atoms with Crippen molar-refractivity contribution in [1.29, 1.82) is 0 Å². The first-order chi connectivity index (χ1) is 8.40. The highest BCUT2D eigenvalue weighted by atomic mass is 32.1. The van der Waals surface area contributed by atoms with E-state index >= 15 is 0 Å². The Labute approximate surface area is 105 Å². The van der Waals surface area contributed by atoms with Gasteiger partial charge in [0.05, 0.1) is 0 Å². The summed E-state index contributed by atoms with van der Waals surface area (Å²) in [6.45, 7) is 1.26. The van der Waals surface area contributed by atoms with E-state index in [0.717, 1.165) is 6.21 Å². The lowest BCUT2D eigenvalue weighted by atomic mass is 10.3. The summed E-state index contributed by atoms with van der Waals surface area (Å²) in [4.78, 5) is 40.1.